The van der Waals surface area contributed by atoms with Crippen LogP contribution in [-0.4, -0.2) is 6.54 Å². The summed E-state index contributed by atoms with van der Waals surface area (Å²) in [6, 6.07) is 10.1. The van der Waals surface area contributed by atoms with Crippen molar-refractivity contribution in [2.24, 2.45) is 0 Å². The van der Waals surface area contributed by atoms with Crippen molar-refractivity contribution in [2.75, 3.05) is 6.54 Å². The maximum atomic E-state index is 13.5. The van der Waals surface area contributed by atoms with Crippen LogP contribution < -0.4 is 5.32 Å². The lowest BCUT2D eigenvalue weighted by atomic mass is 9.96. The van der Waals surface area contributed by atoms with Crippen molar-refractivity contribution in [1.82, 2.24) is 5.32 Å². The molecule has 1 unspecified atom stereocenters. The van der Waals surface area contributed by atoms with Crippen LogP contribution in [0.3, 0.4) is 0 Å². The summed E-state index contributed by atoms with van der Waals surface area (Å²) >= 11 is 0. The normalized spacial score (nSPS) is 17.0. The standard InChI is InChI=1S/C18H19F2N/c1-2-8-21-18-7-6-16-15(4-3-5-17(16)18)12-9-13(19)11-14(20)10-12/h3-5,9-11,18,21H,2,6-8H2,1H3. The molecule has 0 aliphatic heterocycles. The number of benzene rings is 2. The summed E-state index contributed by atoms with van der Waals surface area (Å²) in [6.07, 6.45) is 3.09. The van der Waals surface area contributed by atoms with Gasteiger partial charge >= 0.3 is 0 Å². The average molecular weight is 287 g/mol. The van der Waals surface area contributed by atoms with E-state index in [0.717, 1.165) is 37.4 Å². The Hall–Kier alpha value is -1.74. The van der Waals surface area contributed by atoms with Crippen LogP contribution in [0.25, 0.3) is 11.1 Å². The van der Waals surface area contributed by atoms with E-state index in [4.69, 9.17) is 0 Å². The monoisotopic (exact) mass is 287 g/mol. The zero-order valence-electron chi connectivity index (χ0n) is 12.1. The second-order valence-corrected chi connectivity index (χ2v) is 5.58. The Morgan fingerprint density at radius 1 is 1.14 bits per heavy atom. The maximum Gasteiger partial charge on any atom is 0.126 e. The van der Waals surface area contributed by atoms with Gasteiger partial charge in [0.15, 0.2) is 0 Å². The molecule has 1 N–H and O–H groups in total. The Kier molecular flexibility index (Phi) is 4.02. The fourth-order valence-electron chi connectivity index (χ4n) is 3.16. The molecule has 0 saturated heterocycles. The Bertz CT molecular complexity index is 631. The topological polar surface area (TPSA) is 12.0 Å². The summed E-state index contributed by atoms with van der Waals surface area (Å²) < 4.78 is 26.9. The van der Waals surface area contributed by atoms with Crippen LogP contribution in [0.15, 0.2) is 36.4 Å². The molecule has 0 spiro atoms. The highest BCUT2D eigenvalue weighted by molar-refractivity contribution is 5.70. The van der Waals surface area contributed by atoms with Crippen molar-refractivity contribution in [2.45, 2.75) is 32.2 Å². The Balaban J connectivity index is 2.00. The molecule has 0 saturated carbocycles. The number of nitrogens with one attached hydrogen (secondary N) is 1. The molecule has 2 aromatic rings. The van der Waals surface area contributed by atoms with Crippen molar-refractivity contribution in [3.8, 4) is 11.1 Å². The minimum atomic E-state index is -0.527. The van der Waals surface area contributed by atoms with Gasteiger partial charge in [-0.25, -0.2) is 8.78 Å². The smallest absolute Gasteiger partial charge is 0.126 e. The zero-order valence-corrected chi connectivity index (χ0v) is 12.1. The van der Waals surface area contributed by atoms with E-state index < -0.39 is 11.6 Å². The molecule has 1 aliphatic carbocycles. The van der Waals surface area contributed by atoms with Crippen LogP contribution in [-0.2, 0) is 6.42 Å². The first-order valence-electron chi connectivity index (χ1n) is 7.50. The van der Waals surface area contributed by atoms with Gasteiger partial charge in [-0.2, -0.15) is 0 Å². The Morgan fingerprint density at radius 2 is 1.90 bits per heavy atom. The summed E-state index contributed by atoms with van der Waals surface area (Å²) in [4.78, 5) is 0. The van der Waals surface area contributed by atoms with Gasteiger partial charge in [-0.15, -0.1) is 0 Å². The van der Waals surface area contributed by atoms with E-state index in [2.05, 4.69) is 18.3 Å². The summed E-state index contributed by atoms with van der Waals surface area (Å²) in [7, 11) is 0. The SMILES string of the molecule is CCCNC1CCc2c(-c3cc(F)cc(F)c3)cccc21. The molecule has 3 rings (SSSR count). The fourth-order valence-corrected chi connectivity index (χ4v) is 3.16. The van der Waals surface area contributed by atoms with Crippen molar-refractivity contribution in [3.05, 3.63) is 59.2 Å². The highest BCUT2D eigenvalue weighted by Crippen LogP contribution is 2.38. The number of hydrogen-bond acceptors (Lipinski definition) is 1. The number of halogens is 2. The van der Waals surface area contributed by atoms with Crippen LogP contribution >= 0.6 is 0 Å². The lowest BCUT2D eigenvalue weighted by Gasteiger charge is -2.14. The molecular formula is C18H19F2N. The molecule has 1 aliphatic rings. The third-order valence-electron chi connectivity index (χ3n) is 4.08. The van der Waals surface area contributed by atoms with Gasteiger partial charge in [0.05, 0.1) is 0 Å². The number of fused-ring (bicyclic) bond motifs is 1. The summed E-state index contributed by atoms with van der Waals surface area (Å²) in [5.41, 5.74) is 4.06. The molecule has 0 amide bonds. The maximum absolute atomic E-state index is 13.5. The van der Waals surface area contributed by atoms with E-state index in [1.807, 2.05) is 12.1 Å². The Labute approximate surface area is 124 Å². The van der Waals surface area contributed by atoms with Gasteiger partial charge in [0, 0.05) is 12.1 Å². The van der Waals surface area contributed by atoms with Gasteiger partial charge in [0.1, 0.15) is 11.6 Å². The van der Waals surface area contributed by atoms with Crippen molar-refractivity contribution >= 4 is 0 Å². The second kappa shape index (κ2) is 5.94. The van der Waals surface area contributed by atoms with Crippen LogP contribution in [0, 0.1) is 11.6 Å². The van der Waals surface area contributed by atoms with Crippen LogP contribution in [0.4, 0.5) is 8.78 Å². The molecule has 0 radical (unpaired) electrons. The molecule has 1 nitrogen and oxygen atoms in total. The molecule has 0 bridgehead atoms. The van der Waals surface area contributed by atoms with Crippen molar-refractivity contribution < 1.29 is 8.78 Å². The van der Waals surface area contributed by atoms with Crippen molar-refractivity contribution in [3.63, 3.8) is 0 Å². The molecule has 1 atom stereocenters. The second-order valence-electron chi connectivity index (χ2n) is 5.58. The molecule has 0 aromatic heterocycles. The van der Waals surface area contributed by atoms with E-state index in [1.54, 1.807) is 0 Å². The third-order valence-corrected chi connectivity index (χ3v) is 4.08. The minimum Gasteiger partial charge on any atom is -0.310 e. The summed E-state index contributed by atoms with van der Waals surface area (Å²) in [5.74, 6) is -1.05. The van der Waals surface area contributed by atoms with Gasteiger partial charge < -0.3 is 5.32 Å². The molecule has 0 heterocycles. The molecule has 0 fully saturated rings. The lowest BCUT2D eigenvalue weighted by Crippen LogP contribution is -2.19. The summed E-state index contributed by atoms with van der Waals surface area (Å²) in [5, 5.41) is 3.54. The lowest BCUT2D eigenvalue weighted by molar-refractivity contribution is 0.529. The van der Waals surface area contributed by atoms with Crippen LogP contribution in [0.2, 0.25) is 0 Å². The van der Waals surface area contributed by atoms with E-state index in [9.17, 15) is 8.78 Å². The predicted octanol–water partition coefficient (Wildman–Crippen LogP) is 4.62. The summed E-state index contributed by atoms with van der Waals surface area (Å²) in [6.45, 7) is 3.14. The van der Waals surface area contributed by atoms with Crippen LogP contribution in [0.5, 0.6) is 0 Å². The zero-order chi connectivity index (χ0) is 14.8. The number of hydrogen-bond donors (Lipinski definition) is 1. The first-order valence-corrected chi connectivity index (χ1v) is 7.50. The van der Waals surface area contributed by atoms with Gasteiger partial charge in [-0.3, -0.25) is 0 Å². The van der Waals surface area contributed by atoms with E-state index in [-0.39, 0.29) is 0 Å². The van der Waals surface area contributed by atoms with E-state index in [1.165, 1.54) is 23.3 Å². The third kappa shape index (κ3) is 2.84. The molecule has 3 heteroatoms. The van der Waals surface area contributed by atoms with Crippen molar-refractivity contribution in [1.29, 1.82) is 0 Å². The van der Waals surface area contributed by atoms with E-state index in [0.29, 0.717) is 11.6 Å². The fraction of sp³-hybridized carbons (Fsp3) is 0.333. The highest BCUT2D eigenvalue weighted by Gasteiger charge is 2.24. The van der Waals surface area contributed by atoms with E-state index >= 15 is 0 Å². The van der Waals surface area contributed by atoms with Gasteiger partial charge in [0.2, 0.25) is 0 Å². The van der Waals surface area contributed by atoms with Gasteiger partial charge in [-0.05, 0) is 60.2 Å². The van der Waals surface area contributed by atoms with Crippen LogP contribution in [0.1, 0.15) is 36.9 Å². The molecule has 21 heavy (non-hydrogen) atoms. The van der Waals surface area contributed by atoms with Gasteiger partial charge in [-0.1, -0.05) is 25.1 Å². The number of rotatable bonds is 4. The Morgan fingerprint density at radius 3 is 2.62 bits per heavy atom. The predicted molar refractivity (Wildman–Crippen MR) is 81.1 cm³/mol. The molecule has 110 valence electrons. The largest absolute Gasteiger partial charge is 0.310 e. The molecule has 2 aromatic carbocycles. The highest BCUT2D eigenvalue weighted by atomic mass is 19.1. The quantitative estimate of drug-likeness (QED) is 0.865. The minimum absolute atomic E-state index is 0.360. The first-order chi connectivity index (χ1) is 10.2. The van der Waals surface area contributed by atoms with Gasteiger partial charge in [0.25, 0.3) is 0 Å². The average Bonchev–Trinajstić information content (AvgIpc) is 2.87. The molecular weight excluding hydrogens is 268 g/mol. The first kappa shape index (κ1) is 14.2.